The number of nitrogens with zero attached hydrogens (tertiary/aromatic N) is 1. The Bertz CT molecular complexity index is 412. The second-order valence-corrected chi connectivity index (χ2v) is 5.04. The number of phenols is 2. The van der Waals surface area contributed by atoms with Gasteiger partial charge in [-0.2, -0.15) is 0 Å². The maximum atomic E-state index is 12.2. The van der Waals surface area contributed by atoms with Crippen LogP contribution in [0.3, 0.4) is 0 Å². The zero-order valence-electron chi connectivity index (χ0n) is 10.1. The van der Waals surface area contributed by atoms with Gasteiger partial charge >= 0.3 is 0 Å². The molecule has 0 aliphatic heterocycles. The number of carbonyl (C=O) groups excluding carboxylic acids is 1. The van der Waals surface area contributed by atoms with Gasteiger partial charge in [0.25, 0.3) is 5.91 Å². The molecule has 1 rings (SSSR count). The molecule has 0 atom stereocenters. The van der Waals surface area contributed by atoms with Crippen molar-refractivity contribution in [2.45, 2.75) is 19.4 Å². The van der Waals surface area contributed by atoms with E-state index in [9.17, 15) is 15.0 Å². The molecule has 0 spiro atoms. The van der Waals surface area contributed by atoms with Gasteiger partial charge < -0.3 is 15.1 Å². The van der Waals surface area contributed by atoms with Crippen LogP contribution in [-0.4, -0.2) is 38.9 Å². The summed E-state index contributed by atoms with van der Waals surface area (Å²) in [5.74, 6) is -0.843. The van der Waals surface area contributed by atoms with Gasteiger partial charge in [0.05, 0.1) is 0 Å². The molecule has 1 amide bonds. The summed E-state index contributed by atoms with van der Waals surface area (Å²) in [6.07, 6.45) is 0. The van der Waals surface area contributed by atoms with Gasteiger partial charge in [0.1, 0.15) is 17.1 Å². The molecule has 4 nitrogen and oxygen atoms in total. The van der Waals surface area contributed by atoms with Crippen molar-refractivity contribution in [2.24, 2.45) is 0 Å². The number of benzene rings is 1. The van der Waals surface area contributed by atoms with E-state index in [2.05, 4.69) is 15.9 Å². The molecule has 0 radical (unpaired) electrons. The maximum absolute atomic E-state index is 12.2. The predicted octanol–water partition coefficient (Wildman–Crippen LogP) is 2.34. The van der Waals surface area contributed by atoms with Crippen molar-refractivity contribution in [1.29, 1.82) is 0 Å². The highest BCUT2D eigenvalue weighted by atomic mass is 79.9. The molecule has 94 valence electrons. The first-order valence-corrected chi connectivity index (χ1v) is 6.28. The molecule has 1 aromatic carbocycles. The number of rotatable bonds is 3. The smallest absolute Gasteiger partial charge is 0.261 e. The van der Waals surface area contributed by atoms with E-state index < -0.39 is 11.4 Å². The fourth-order valence-electron chi connectivity index (χ4n) is 1.28. The van der Waals surface area contributed by atoms with E-state index in [1.165, 1.54) is 23.1 Å². The minimum Gasteiger partial charge on any atom is -0.507 e. The van der Waals surface area contributed by atoms with Crippen molar-refractivity contribution < 1.29 is 15.0 Å². The molecule has 0 aliphatic carbocycles. The van der Waals surface area contributed by atoms with Crippen LogP contribution >= 0.6 is 15.9 Å². The Balaban J connectivity index is 3.14. The number of hydrogen-bond donors (Lipinski definition) is 2. The second-order valence-electron chi connectivity index (χ2n) is 4.48. The molecule has 0 aromatic heterocycles. The lowest BCUT2D eigenvalue weighted by Gasteiger charge is -2.34. The minimum atomic E-state index is -0.412. The monoisotopic (exact) mass is 301 g/mol. The minimum absolute atomic E-state index is 0.0657. The summed E-state index contributed by atoms with van der Waals surface area (Å²) in [7, 11) is 1.63. The number of halogens is 1. The van der Waals surface area contributed by atoms with Gasteiger partial charge in [-0.1, -0.05) is 22.0 Å². The third kappa shape index (κ3) is 2.72. The van der Waals surface area contributed by atoms with Crippen molar-refractivity contribution in [3.8, 4) is 11.5 Å². The Morgan fingerprint density at radius 3 is 2.24 bits per heavy atom. The molecule has 0 heterocycles. The average Bonchev–Trinajstić information content (AvgIpc) is 2.27. The summed E-state index contributed by atoms with van der Waals surface area (Å²) < 4.78 is 0. The summed E-state index contributed by atoms with van der Waals surface area (Å²) in [6, 6.07) is 4.24. The standard InChI is InChI=1S/C12H16BrNO3/c1-12(2,7-13)14(3)11(17)10-8(15)5-4-6-9(10)16/h4-6,15-16H,7H2,1-3H3. The lowest BCUT2D eigenvalue weighted by atomic mass is 10.0. The van der Waals surface area contributed by atoms with Gasteiger partial charge in [0.15, 0.2) is 0 Å². The zero-order valence-corrected chi connectivity index (χ0v) is 11.7. The SMILES string of the molecule is CN(C(=O)c1c(O)cccc1O)C(C)(C)CBr. The normalized spacial score (nSPS) is 11.3. The van der Waals surface area contributed by atoms with E-state index >= 15 is 0 Å². The van der Waals surface area contributed by atoms with Crippen molar-refractivity contribution in [3.05, 3.63) is 23.8 Å². The first kappa shape index (κ1) is 13.8. The summed E-state index contributed by atoms with van der Waals surface area (Å²) in [4.78, 5) is 13.7. The van der Waals surface area contributed by atoms with E-state index in [1.807, 2.05) is 13.8 Å². The van der Waals surface area contributed by atoms with Crippen LogP contribution in [0.1, 0.15) is 24.2 Å². The highest BCUT2D eigenvalue weighted by Gasteiger charge is 2.30. The summed E-state index contributed by atoms with van der Waals surface area (Å²) in [5.41, 5.74) is -0.477. The molecule has 1 aromatic rings. The fraction of sp³-hybridized carbons (Fsp3) is 0.417. The predicted molar refractivity (Wildman–Crippen MR) is 69.7 cm³/mol. The first-order valence-electron chi connectivity index (χ1n) is 5.16. The second kappa shape index (κ2) is 4.96. The van der Waals surface area contributed by atoms with Crippen LogP contribution < -0.4 is 0 Å². The summed E-state index contributed by atoms with van der Waals surface area (Å²) in [6.45, 7) is 3.77. The molecule has 2 N–H and O–H groups in total. The molecule has 0 saturated carbocycles. The van der Waals surface area contributed by atoms with Gasteiger partial charge in [0.2, 0.25) is 0 Å². The summed E-state index contributed by atoms with van der Waals surface area (Å²) >= 11 is 3.33. The highest BCUT2D eigenvalue weighted by molar-refractivity contribution is 9.09. The third-order valence-corrected chi connectivity index (χ3v) is 4.15. The highest BCUT2D eigenvalue weighted by Crippen LogP contribution is 2.29. The fourth-order valence-corrected chi connectivity index (χ4v) is 1.66. The molecule has 5 heteroatoms. The number of amides is 1. The van der Waals surface area contributed by atoms with Crippen molar-refractivity contribution in [3.63, 3.8) is 0 Å². The van der Waals surface area contributed by atoms with Gasteiger partial charge in [-0.3, -0.25) is 4.79 Å². The molecule has 17 heavy (non-hydrogen) atoms. The number of aromatic hydroxyl groups is 2. The van der Waals surface area contributed by atoms with E-state index in [-0.39, 0.29) is 17.1 Å². The molecule has 0 aliphatic rings. The van der Waals surface area contributed by atoms with E-state index in [4.69, 9.17) is 0 Å². The molecule has 0 bridgehead atoms. The molecular formula is C12H16BrNO3. The Morgan fingerprint density at radius 2 is 1.82 bits per heavy atom. The molecule has 0 fully saturated rings. The van der Waals surface area contributed by atoms with Gasteiger partial charge in [-0.15, -0.1) is 0 Å². The number of hydrogen-bond acceptors (Lipinski definition) is 3. The largest absolute Gasteiger partial charge is 0.507 e. The molecule has 0 saturated heterocycles. The van der Waals surface area contributed by atoms with Crippen LogP contribution in [0.5, 0.6) is 11.5 Å². The topological polar surface area (TPSA) is 60.8 Å². The Labute approximate surface area is 109 Å². The van der Waals surface area contributed by atoms with E-state index in [0.717, 1.165) is 0 Å². The van der Waals surface area contributed by atoms with Gasteiger partial charge in [0, 0.05) is 17.9 Å². The van der Waals surface area contributed by atoms with Crippen LogP contribution in [-0.2, 0) is 0 Å². The maximum Gasteiger partial charge on any atom is 0.261 e. The number of carbonyl (C=O) groups is 1. The first-order chi connectivity index (χ1) is 7.81. The summed E-state index contributed by atoms with van der Waals surface area (Å²) in [5, 5.41) is 19.9. The van der Waals surface area contributed by atoms with Crippen LogP contribution in [0.4, 0.5) is 0 Å². The Morgan fingerprint density at radius 1 is 1.35 bits per heavy atom. The number of phenolic OH excluding ortho intramolecular Hbond substituents is 2. The molecule has 0 unspecified atom stereocenters. The van der Waals surface area contributed by atoms with Crippen molar-refractivity contribution >= 4 is 21.8 Å². The third-order valence-electron chi connectivity index (χ3n) is 2.77. The van der Waals surface area contributed by atoms with Crippen molar-refractivity contribution in [2.75, 3.05) is 12.4 Å². The average molecular weight is 302 g/mol. The van der Waals surface area contributed by atoms with Crippen LogP contribution in [0.15, 0.2) is 18.2 Å². The quantitative estimate of drug-likeness (QED) is 0.843. The van der Waals surface area contributed by atoms with Crippen molar-refractivity contribution in [1.82, 2.24) is 4.90 Å². The van der Waals surface area contributed by atoms with Crippen LogP contribution in [0, 0.1) is 0 Å². The lowest BCUT2D eigenvalue weighted by Crippen LogP contribution is -2.46. The van der Waals surface area contributed by atoms with E-state index in [1.54, 1.807) is 7.05 Å². The zero-order chi connectivity index (χ0) is 13.2. The Hall–Kier alpha value is -1.23. The lowest BCUT2D eigenvalue weighted by molar-refractivity contribution is 0.0657. The molecular weight excluding hydrogens is 286 g/mol. The van der Waals surface area contributed by atoms with Crippen LogP contribution in [0.2, 0.25) is 0 Å². The van der Waals surface area contributed by atoms with Gasteiger partial charge in [-0.25, -0.2) is 0 Å². The number of alkyl halides is 1. The van der Waals surface area contributed by atoms with Crippen LogP contribution in [0.25, 0.3) is 0 Å². The Kier molecular flexibility index (Phi) is 4.03. The van der Waals surface area contributed by atoms with E-state index in [0.29, 0.717) is 5.33 Å². The van der Waals surface area contributed by atoms with Gasteiger partial charge in [-0.05, 0) is 26.0 Å².